The van der Waals surface area contributed by atoms with Gasteiger partial charge in [0.2, 0.25) is 11.8 Å². The molecule has 2 saturated heterocycles. The average Bonchev–Trinajstić information content (AvgIpc) is 2.35. The zero-order chi connectivity index (χ0) is 13.3. The van der Waals surface area contributed by atoms with Gasteiger partial charge in [-0.2, -0.15) is 0 Å². The van der Waals surface area contributed by atoms with E-state index in [1.54, 1.807) is 11.8 Å². The number of carbonyl (C=O) groups is 2. The second kappa shape index (κ2) is 5.26. The Morgan fingerprint density at radius 2 is 2.11 bits per heavy atom. The molecule has 2 heterocycles. The van der Waals surface area contributed by atoms with Gasteiger partial charge in [0, 0.05) is 6.61 Å². The number of amides is 2. The summed E-state index contributed by atoms with van der Waals surface area (Å²) in [5.74, 6) is 0.0902. The molecule has 102 valence electrons. The minimum Gasteiger partial charge on any atom is -0.379 e. The lowest BCUT2D eigenvalue weighted by molar-refractivity contribution is -0.155. The van der Waals surface area contributed by atoms with Crippen molar-refractivity contribution >= 4 is 11.8 Å². The second-order valence-electron chi connectivity index (χ2n) is 5.52. The van der Waals surface area contributed by atoms with Crippen LogP contribution in [0.2, 0.25) is 0 Å². The fourth-order valence-corrected chi connectivity index (χ4v) is 2.70. The van der Waals surface area contributed by atoms with E-state index < -0.39 is 6.04 Å². The molecule has 0 saturated carbocycles. The van der Waals surface area contributed by atoms with Crippen LogP contribution in [0.5, 0.6) is 0 Å². The Morgan fingerprint density at radius 3 is 2.67 bits per heavy atom. The van der Waals surface area contributed by atoms with Crippen LogP contribution in [-0.2, 0) is 14.3 Å². The molecule has 18 heavy (non-hydrogen) atoms. The number of ether oxygens (including phenoxy) is 1. The third-order valence-electron chi connectivity index (χ3n) is 3.81. The summed E-state index contributed by atoms with van der Waals surface area (Å²) >= 11 is 0. The highest BCUT2D eigenvalue weighted by Gasteiger charge is 2.42. The smallest absolute Gasteiger partial charge is 0.246 e. The minimum absolute atomic E-state index is 0.0348. The molecule has 0 aliphatic carbocycles. The van der Waals surface area contributed by atoms with Crippen molar-refractivity contribution in [2.75, 3.05) is 13.2 Å². The van der Waals surface area contributed by atoms with E-state index in [0.29, 0.717) is 6.61 Å². The fraction of sp³-hybridized carbons (Fsp3) is 0.846. The van der Waals surface area contributed by atoms with Crippen molar-refractivity contribution in [1.29, 1.82) is 0 Å². The lowest BCUT2D eigenvalue weighted by Gasteiger charge is -2.44. The van der Waals surface area contributed by atoms with E-state index in [0.717, 1.165) is 19.4 Å². The Balaban J connectivity index is 2.18. The van der Waals surface area contributed by atoms with E-state index >= 15 is 0 Å². The highest BCUT2D eigenvalue weighted by atomic mass is 16.5. The van der Waals surface area contributed by atoms with Gasteiger partial charge in [-0.25, -0.2) is 0 Å². The first-order chi connectivity index (χ1) is 8.52. The van der Waals surface area contributed by atoms with E-state index in [9.17, 15) is 9.59 Å². The van der Waals surface area contributed by atoms with Gasteiger partial charge in [-0.05, 0) is 25.7 Å². The van der Waals surface area contributed by atoms with E-state index in [1.165, 1.54) is 0 Å². The van der Waals surface area contributed by atoms with Crippen LogP contribution in [0.3, 0.4) is 0 Å². The topological polar surface area (TPSA) is 58.6 Å². The molecule has 3 unspecified atom stereocenters. The van der Waals surface area contributed by atoms with Gasteiger partial charge >= 0.3 is 0 Å². The molecule has 0 spiro atoms. The van der Waals surface area contributed by atoms with Crippen molar-refractivity contribution in [1.82, 2.24) is 10.2 Å². The Bertz CT molecular complexity index is 337. The van der Waals surface area contributed by atoms with E-state index in [1.807, 2.05) is 13.8 Å². The molecule has 0 bridgehead atoms. The maximum absolute atomic E-state index is 12.5. The molecule has 2 fully saturated rings. The minimum atomic E-state index is -0.393. The number of hydrogen-bond donors (Lipinski definition) is 1. The van der Waals surface area contributed by atoms with Crippen molar-refractivity contribution in [3.8, 4) is 0 Å². The Hall–Kier alpha value is -1.10. The van der Waals surface area contributed by atoms with Crippen molar-refractivity contribution in [3.63, 3.8) is 0 Å². The molecule has 0 radical (unpaired) electrons. The Kier molecular flexibility index (Phi) is 3.90. The molecule has 0 aromatic carbocycles. The van der Waals surface area contributed by atoms with Crippen LogP contribution in [0, 0.1) is 5.92 Å². The monoisotopic (exact) mass is 254 g/mol. The molecule has 2 amide bonds. The van der Waals surface area contributed by atoms with Crippen LogP contribution in [-0.4, -0.2) is 48.1 Å². The normalized spacial score (nSPS) is 33.8. The average molecular weight is 254 g/mol. The largest absolute Gasteiger partial charge is 0.379 e. The SMILES string of the molecule is CC(C)C1NC(=O)C(C)N(C2CCCOC2)C1=O. The maximum atomic E-state index is 12.5. The number of hydrogen-bond acceptors (Lipinski definition) is 3. The first-order valence-electron chi connectivity index (χ1n) is 6.72. The molecule has 2 aliphatic rings. The molecule has 3 atom stereocenters. The molecule has 2 rings (SSSR count). The van der Waals surface area contributed by atoms with Crippen LogP contribution in [0.15, 0.2) is 0 Å². The molecular weight excluding hydrogens is 232 g/mol. The highest BCUT2D eigenvalue weighted by molar-refractivity contribution is 5.97. The van der Waals surface area contributed by atoms with Gasteiger partial charge in [-0.15, -0.1) is 0 Å². The quantitative estimate of drug-likeness (QED) is 0.782. The predicted octanol–water partition coefficient (Wildman–Crippen LogP) is 0.537. The summed E-state index contributed by atoms with van der Waals surface area (Å²) in [5.41, 5.74) is 0. The summed E-state index contributed by atoms with van der Waals surface area (Å²) in [6.07, 6.45) is 1.88. The van der Waals surface area contributed by atoms with E-state index in [-0.39, 0.29) is 29.8 Å². The summed E-state index contributed by atoms with van der Waals surface area (Å²) in [5, 5.41) is 2.81. The third-order valence-corrected chi connectivity index (χ3v) is 3.81. The van der Waals surface area contributed by atoms with Crippen LogP contribution < -0.4 is 5.32 Å². The van der Waals surface area contributed by atoms with Crippen LogP contribution >= 0.6 is 0 Å². The number of rotatable bonds is 2. The van der Waals surface area contributed by atoms with E-state index in [2.05, 4.69) is 5.32 Å². The summed E-state index contributed by atoms with van der Waals surface area (Å²) in [7, 11) is 0. The van der Waals surface area contributed by atoms with Crippen LogP contribution in [0.1, 0.15) is 33.6 Å². The molecule has 5 heteroatoms. The zero-order valence-electron chi connectivity index (χ0n) is 11.3. The van der Waals surface area contributed by atoms with Gasteiger partial charge in [-0.1, -0.05) is 13.8 Å². The number of nitrogens with zero attached hydrogens (tertiary/aromatic N) is 1. The number of carbonyl (C=O) groups excluding carboxylic acids is 2. The van der Waals surface area contributed by atoms with Crippen molar-refractivity contribution in [2.45, 2.75) is 51.7 Å². The Labute approximate surface area is 108 Å². The van der Waals surface area contributed by atoms with Gasteiger partial charge in [-0.3, -0.25) is 9.59 Å². The Morgan fingerprint density at radius 1 is 1.39 bits per heavy atom. The highest BCUT2D eigenvalue weighted by Crippen LogP contribution is 2.22. The molecular formula is C13H22N2O3. The lowest BCUT2D eigenvalue weighted by atomic mass is 9.95. The lowest BCUT2D eigenvalue weighted by Crippen LogP contribution is -2.67. The van der Waals surface area contributed by atoms with Gasteiger partial charge in [0.15, 0.2) is 0 Å². The molecule has 1 N–H and O–H groups in total. The van der Waals surface area contributed by atoms with Crippen molar-refractivity contribution in [3.05, 3.63) is 0 Å². The van der Waals surface area contributed by atoms with Gasteiger partial charge in [0.25, 0.3) is 0 Å². The van der Waals surface area contributed by atoms with Crippen LogP contribution in [0.25, 0.3) is 0 Å². The molecule has 0 aromatic rings. The van der Waals surface area contributed by atoms with Crippen LogP contribution in [0.4, 0.5) is 0 Å². The predicted molar refractivity (Wildman–Crippen MR) is 66.9 cm³/mol. The standard InChI is InChI=1S/C13H22N2O3/c1-8(2)11-13(17)15(9(3)12(16)14-11)10-5-4-6-18-7-10/h8-11H,4-7H2,1-3H3,(H,14,16). The molecule has 2 aliphatic heterocycles. The van der Waals surface area contributed by atoms with E-state index in [4.69, 9.17) is 4.74 Å². The summed E-state index contributed by atoms with van der Waals surface area (Å²) in [6.45, 7) is 7.00. The van der Waals surface area contributed by atoms with Crippen molar-refractivity contribution < 1.29 is 14.3 Å². The summed E-state index contributed by atoms with van der Waals surface area (Å²) < 4.78 is 5.44. The van der Waals surface area contributed by atoms with Gasteiger partial charge in [0.1, 0.15) is 12.1 Å². The maximum Gasteiger partial charge on any atom is 0.246 e. The van der Waals surface area contributed by atoms with Gasteiger partial charge < -0.3 is 15.0 Å². The number of piperazine rings is 1. The number of nitrogens with one attached hydrogen (secondary N) is 1. The third kappa shape index (κ3) is 2.36. The second-order valence-corrected chi connectivity index (χ2v) is 5.52. The first kappa shape index (κ1) is 13.3. The zero-order valence-corrected chi connectivity index (χ0v) is 11.3. The first-order valence-corrected chi connectivity index (χ1v) is 6.72. The summed E-state index contributed by atoms with van der Waals surface area (Å²) in [6, 6.07) is -0.733. The molecule has 0 aromatic heterocycles. The summed E-state index contributed by atoms with van der Waals surface area (Å²) in [4.78, 5) is 26.2. The fourth-order valence-electron chi connectivity index (χ4n) is 2.70. The van der Waals surface area contributed by atoms with Crippen molar-refractivity contribution in [2.24, 2.45) is 5.92 Å². The molecule has 5 nitrogen and oxygen atoms in total. The van der Waals surface area contributed by atoms with Gasteiger partial charge in [0.05, 0.1) is 12.6 Å².